The fourth-order valence-electron chi connectivity index (χ4n) is 0.592. The summed E-state index contributed by atoms with van der Waals surface area (Å²) in [6.45, 7) is -0.250. The number of benzene rings is 1. The Bertz CT molecular complexity index is 342. The lowest BCUT2D eigenvalue weighted by Crippen LogP contribution is -1.96. The van der Waals surface area contributed by atoms with Crippen LogP contribution >= 0.6 is 0 Å². The highest BCUT2D eigenvalue weighted by Crippen LogP contribution is 2.05. The number of hydrogen-bond donors (Lipinski definition) is 2. The molecule has 5 nitrogen and oxygen atoms in total. The van der Waals surface area contributed by atoms with Crippen LogP contribution in [0.2, 0.25) is 0 Å². The Morgan fingerprint density at radius 1 is 1.15 bits per heavy atom. The van der Waals surface area contributed by atoms with Crippen LogP contribution in [-0.2, 0) is 14.9 Å². The van der Waals surface area contributed by atoms with Crippen LogP contribution in [-0.4, -0.2) is 24.5 Å². The van der Waals surface area contributed by atoms with E-state index >= 15 is 0 Å². The van der Waals surface area contributed by atoms with Crippen LogP contribution in [0.4, 0.5) is 0 Å². The zero-order chi connectivity index (χ0) is 10.3. The summed E-state index contributed by atoms with van der Waals surface area (Å²) in [7, 11) is -4.00. The normalized spacial score (nSPS) is 9.62. The van der Waals surface area contributed by atoms with Gasteiger partial charge in [-0.1, -0.05) is 18.2 Å². The highest BCUT2D eigenvalue weighted by molar-refractivity contribution is 7.85. The van der Waals surface area contributed by atoms with Gasteiger partial charge in [0, 0.05) is 0 Å². The molecule has 0 unspecified atom stereocenters. The molecular weight excluding hydrogens is 196 g/mol. The quantitative estimate of drug-likeness (QED) is 0.517. The molecule has 0 aromatic heterocycles. The second-order valence-corrected chi connectivity index (χ2v) is 3.32. The standard InChI is InChI=1S/C6H6O3S.CH2O2/c7-10(8,9)6-4-2-1-3-5-6;2-1-3/h1-5H,(H,7,8,9);1H,(H,2,3). The van der Waals surface area contributed by atoms with Crippen LogP contribution in [0.5, 0.6) is 0 Å². The predicted molar refractivity (Wildman–Crippen MR) is 44.9 cm³/mol. The Morgan fingerprint density at radius 2 is 1.54 bits per heavy atom. The molecule has 0 heterocycles. The summed E-state index contributed by atoms with van der Waals surface area (Å²) in [6.07, 6.45) is 0. The Balaban J connectivity index is 0.000000424. The van der Waals surface area contributed by atoms with Crippen molar-refractivity contribution in [2.75, 3.05) is 0 Å². The average Bonchev–Trinajstić information content (AvgIpc) is 2.06. The molecule has 0 bridgehead atoms. The monoisotopic (exact) mass is 204 g/mol. The molecule has 6 heteroatoms. The molecule has 0 atom stereocenters. The minimum atomic E-state index is -4.00. The van der Waals surface area contributed by atoms with E-state index in [4.69, 9.17) is 14.5 Å². The van der Waals surface area contributed by atoms with Gasteiger partial charge in [0.25, 0.3) is 16.6 Å². The van der Waals surface area contributed by atoms with E-state index in [1.165, 1.54) is 12.1 Å². The average molecular weight is 204 g/mol. The van der Waals surface area contributed by atoms with Crippen molar-refractivity contribution in [2.45, 2.75) is 4.90 Å². The lowest BCUT2D eigenvalue weighted by atomic mass is 10.4. The molecule has 0 aliphatic heterocycles. The first-order chi connectivity index (χ1) is 6.02. The van der Waals surface area contributed by atoms with E-state index in [0.29, 0.717) is 0 Å². The Hall–Kier alpha value is -1.40. The zero-order valence-electron chi connectivity index (χ0n) is 6.49. The number of carbonyl (C=O) groups is 1. The van der Waals surface area contributed by atoms with E-state index in [9.17, 15) is 8.42 Å². The van der Waals surface area contributed by atoms with Gasteiger partial charge in [0.15, 0.2) is 0 Å². The summed E-state index contributed by atoms with van der Waals surface area (Å²) in [5, 5.41) is 6.89. The molecule has 0 radical (unpaired) electrons. The minimum Gasteiger partial charge on any atom is -0.483 e. The highest BCUT2D eigenvalue weighted by Gasteiger charge is 2.05. The Morgan fingerprint density at radius 3 is 1.77 bits per heavy atom. The zero-order valence-corrected chi connectivity index (χ0v) is 7.31. The molecule has 0 fully saturated rings. The Labute approximate surface area is 75.4 Å². The molecule has 1 rings (SSSR count). The lowest BCUT2D eigenvalue weighted by Gasteiger charge is -1.92. The third-order valence-electron chi connectivity index (χ3n) is 1.04. The van der Waals surface area contributed by atoms with Crippen molar-refractivity contribution in [3.05, 3.63) is 30.3 Å². The van der Waals surface area contributed by atoms with Crippen molar-refractivity contribution >= 4 is 16.6 Å². The van der Waals surface area contributed by atoms with Crippen LogP contribution in [0, 0.1) is 0 Å². The van der Waals surface area contributed by atoms with Gasteiger partial charge in [-0.3, -0.25) is 9.35 Å². The fourth-order valence-corrected chi connectivity index (χ4v) is 1.09. The molecule has 0 amide bonds. The SMILES string of the molecule is O=CO.O=S(=O)(O)c1ccccc1. The van der Waals surface area contributed by atoms with Crippen LogP contribution in [0.3, 0.4) is 0 Å². The van der Waals surface area contributed by atoms with E-state index in [2.05, 4.69) is 0 Å². The first-order valence-electron chi connectivity index (χ1n) is 3.12. The summed E-state index contributed by atoms with van der Waals surface area (Å²) in [5.41, 5.74) is 0. The maximum atomic E-state index is 10.4. The van der Waals surface area contributed by atoms with Crippen LogP contribution in [0.25, 0.3) is 0 Å². The second-order valence-electron chi connectivity index (χ2n) is 1.89. The maximum absolute atomic E-state index is 10.4. The van der Waals surface area contributed by atoms with Crippen molar-refractivity contribution in [1.82, 2.24) is 0 Å². The third-order valence-corrected chi connectivity index (χ3v) is 1.91. The first-order valence-corrected chi connectivity index (χ1v) is 4.56. The third kappa shape index (κ3) is 4.94. The number of carboxylic acid groups (broad SMARTS) is 1. The van der Waals surface area contributed by atoms with Crippen molar-refractivity contribution < 1.29 is 22.9 Å². The van der Waals surface area contributed by atoms with Gasteiger partial charge in [-0.05, 0) is 12.1 Å². The van der Waals surface area contributed by atoms with Gasteiger partial charge in [0.1, 0.15) is 0 Å². The molecule has 1 aromatic rings. The molecule has 0 saturated heterocycles. The molecule has 13 heavy (non-hydrogen) atoms. The Kier molecular flexibility index (Phi) is 4.71. The number of hydrogen-bond acceptors (Lipinski definition) is 3. The van der Waals surface area contributed by atoms with Gasteiger partial charge in [0.2, 0.25) is 0 Å². The minimum absolute atomic E-state index is 0.0741. The summed E-state index contributed by atoms with van der Waals surface area (Å²) in [6, 6.07) is 7.42. The van der Waals surface area contributed by atoms with Crippen LogP contribution in [0.15, 0.2) is 35.2 Å². The smallest absolute Gasteiger partial charge is 0.294 e. The van der Waals surface area contributed by atoms with E-state index < -0.39 is 10.1 Å². The maximum Gasteiger partial charge on any atom is 0.294 e. The van der Waals surface area contributed by atoms with Gasteiger partial charge in [-0.25, -0.2) is 0 Å². The summed E-state index contributed by atoms with van der Waals surface area (Å²) in [5.74, 6) is 0. The molecule has 72 valence electrons. The summed E-state index contributed by atoms with van der Waals surface area (Å²) >= 11 is 0. The van der Waals surface area contributed by atoms with Gasteiger partial charge in [-0.15, -0.1) is 0 Å². The predicted octanol–water partition coefficient (Wildman–Crippen LogP) is 0.634. The van der Waals surface area contributed by atoms with E-state index in [1.54, 1.807) is 18.2 Å². The topological polar surface area (TPSA) is 91.7 Å². The second kappa shape index (κ2) is 5.28. The van der Waals surface area contributed by atoms with E-state index in [-0.39, 0.29) is 11.4 Å². The summed E-state index contributed by atoms with van der Waals surface area (Å²) < 4.78 is 29.2. The van der Waals surface area contributed by atoms with E-state index in [1.807, 2.05) is 0 Å². The molecule has 0 saturated carbocycles. The lowest BCUT2D eigenvalue weighted by molar-refractivity contribution is -0.122. The van der Waals surface area contributed by atoms with Crippen molar-refractivity contribution in [3.63, 3.8) is 0 Å². The van der Waals surface area contributed by atoms with Gasteiger partial charge in [-0.2, -0.15) is 8.42 Å². The van der Waals surface area contributed by atoms with Crippen LogP contribution < -0.4 is 0 Å². The molecule has 0 spiro atoms. The van der Waals surface area contributed by atoms with Gasteiger partial charge < -0.3 is 5.11 Å². The fraction of sp³-hybridized carbons (Fsp3) is 0. The first kappa shape index (κ1) is 11.6. The highest BCUT2D eigenvalue weighted by atomic mass is 32.2. The molecule has 0 aliphatic carbocycles. The number of rotatable bonds is 1. The van der Waals surface area contributed by atoms with Crippen molar-refractivity contribution in [3.8, 4) is 0 Å². The van der Waals surface area contributed by atoms with Gasteiger partial charge in [0.05, 0.1) is 4.90 Å². The van der Waals surface area contributed by atoms with Crippen LogP contribution in [0.1, 0.15) is 0 Å². The van der Waals surface area contributed by atoms with Crippen molar-refractivity contribution in [1.29, 1.82) is 0 Å². The van der Waals surface area contributed by atoms with Crippen molar-refractivity contribution in [2.24, 2.45) is 0 Å². The van der Waals surface area contributed by atoms with Gasteiger partial charge >= 0.3 is 0 Å². The molecule has 1 aromatic carbocycles. The van der Waals surface area contributed by atoms with E-state index in [0.717, 1.165) is 0 Å². The molecule has 2 N–H and O–H groups in total. The molecular formula is C7H8O5S. The summed E-state index contributed by atoms with van der Waals surface area (Å²) in [4.78, 5) is 8.29. The molecule has 0 aliphatic rings. The largest absolute Gasteiger partial charge is 0.483 e.